The molecule has 0 amide bonds. The average Bonchev–Trinajstić information content (AvgIpc) is 3.28. The maximum Gasteiger partial charge on any atom is 0.238 e. The van der Waals surface area contributed by atoms with Gasteiger partial charge < -0.3 is 5.32 Å². The van der Waals surface area contributed by atoms with E-state index in [1.54, 1.807) is 24.5 Å². The molecule has 0 unspecified atom stereocenters. The number of nitrogens with two attached hydrogens (primary N) is 1. The van der Waals surface area contributed by atoms with Crippen LogP contribution in [0.1, 0.15) is 5.56 Å². The third kappa shape index (κ3) is 4.44. The summed E-state index contributed by atoms with van der Waals surface area (Å²) in [6.45, 7) is 0.427. The summed E-state index contributed by atoms with van der Waals surface area (Å²) in [5.74, 6) is 1.17. The van der Waals surface area contributed by atoms with Gasteiger partial charge >= 0.3 is 0 Å². The van der Waals surface area contributed by atoms with Crippen LogP contribution in [0, 0.1) is 0 Å². The monoisotopic (exact) mass is 474 g/mol. The number of thiophene rings is 1. The molecule has 5 rings (SSSR count). The van der Waals surface area contributed by atoms with Gasteiger partial charge in [-0.15, -0.1) is 11.3 Å². The topological polar surface area (TPSA) is 124 Å². The van der Waals surface area contributed by atoms with Crippen molar-refractivity contribution in [1.82, 2.24) is 19.9 Å². The fraction of sp³-hybridized carbons (Fsp3) is 0.0435. The summed E-state index contributed by atoms with van der Waals surface area (Å²) in [6, 6.07) is 17.8. The number of hydrogen-bond donors (Lipinski definition) is 2. The quantitative estimate of drug-likeness (QED) is 0.380. The number of anilines is 1. The standard InChI is InChI=1S/C23H18N6O2S2/c24-33(30,31)16-9-7-15(8-10-16)13-27-22-20-17(18-5-1-3-11-25-18)14-32-23(20)29-21(28-22)19-6-2-4-12-26-19/h1-12,14H,13H2,(H2,24,30,31)(H,27,28,29). The highest BCUT2D eigenvalue weighted by atomic mass is 32.2. The summed E-state index contributed by atoms with van der Waals surface area (Å²) in [7, 11) is -3.73. The molecule has 164 valence electrons. The van der Waals surface area contributed by atoms with Crippen molar-refractivity contribution in [3.63, 3.8) is 0 Å². The predicted molar refractivity (Wildman–Crippen MR) is 129 cm³/mol. The first-order valence-electron chi connectivity index (χ1n) is 9.97. The van der Waals surface area contributed by atoms with Gasteiger partial charge in [0.1, 0.15) is 16.3 Å². The lowest BCUT2D eigenvalue weighted by molar-refractivity contribution is 0.598. The molecule has 5 aromatic rings. The van der Waals surface area contributed by atoms with Gasteiger partial charge in [-0.25, -0.2) is 23.5 Å². The molecule has 0 aliphatic carbocycles. The van der Waals surface area contributed by atoms with Crippen LogP contribution in [0.2, 0.25) is 0 Å². The third-order valence-electron chi connectivity index (χ3n) is 4.98. The number of aromatic nitrogens is 4. The van der Waals surface area contributed by atoms with Crippen molar-refractivity contribution in [2.75, 3.05) is 5.32 Å². The van der Waals surface area contributed by atoms with E-state index in [9.17, 15) is 8.42 Å². The Morgan fingerprint density at radius 3 is 2.21 bits per heavy atom. The van der Waals surface area contributed by atoms with Crippen molar-refractivity contribution in [1.29, 1.82) is 0 Å². The van der Waals surface area contributed by atoms with Crippen molar-refractivity contribution in [3.8, 4) is 22.8 Å². The van der Waals surface area contributed by atoms with Gasteiger partial charge in [-0.3, -0.25) is 9.97 Å². The summed E-state index contributed by atoms with van der Waals surface area (Å²) >= 11 is 1.52. The second-order valence-electron chi connectivity index (χ2n) is 7.20. The van der Waals surface area contributed by atoms with E-state index in [2.05, 4.69) is 15.3 Å². The maximum absolute atomic E-state index is 11.5. The van der Waals surface area contributed by atoms with E-state index >= 15 is 0 Å². The number of nitrogens with zero attached hydrogens (tertiary/aromatic N) is 4. The Labute approximate surface area is 194 Å². The van der Waals surface area contributed by atoms with Crippen molar-refractivity contribution < 1.29 is 8.42 Å². The van der Waals surface area contributed by atoms with Gasteiger partial charge in [-0.05, 0) is 42.0 Å². The van der Waals surface area contributed by atoms with Crippen molar-refractivity contribution >= 4 is 37.4 Å². The molecule has 8 nitrogen and oxygen atoms in total. The SMILES string of the molecule is NS(=O)(=O)c1ccc(CNc2nc(-c3ccccn3)nc3scc(-c4ccccn4)c23)cc1. The zero-order chi connectivity index (χ0) is 22.8. The van der Waals surface area contributed by atoms with Crippen LogP contribution in [0.5, 0.6) is 0 Å². The van der Waals surface area contributed by atoms with E-state index in [0.717, 1.165) is 27.0 Å². The highest BCUT2D eigenvalue weighted by Crippen LogP contribution is 2.37. The number of fused-ring (bicyclic) bond motifs is 1. The summed E-state index contributed by atoms with van der Waals surface area (Å²) in [5, 5.41) is 11.5. The van der Waals surface area contributed by atoms with Crippen LogP contribution in [0.15, 0.2) is 83.3 Å². The normalized spacial score (nSPS) is 11.5. The molecular weight excluding hydrogens is 456 g/mol. The molecule has 4 heterocycles. The smallest absolute Gasteiger partial charge is 0.238 e. The van der Waals surface area contributed by atoms with Crippen LogP contribution in [-0.2, 0) is 16.6 Å². The Hall–Kier alpha value is -3.73. The van der Waals surface area contributed by atoms with Crippen molar-refractivity contribution in [3.05, 3.63) is 84.0 Å². The molecule has 1 aromatic carbocycles. The highest BCUT2D eigenvalue weighted by Gasteiger charge is 2.17. The Balaban J connectivity index is 1.56. The third-order valence-corrected chi connectivity index (χ3v) is 6.78. The zero-order valence-corrected chi connectivity index (χ0v) is 18.8. The minimum Gasteiger partial charge on any atom is -0.365 e. The van der Waals surface area contributed by atoms with E-state index in [-0.39, 0.29) is 4.90 Å². The fourth-order valence-corrected chi connectivity index (χ4v) is 4.82. The van der Waals surface area contributed by atoms with Crippen LogP contribution < -0.4 is 10.5 Å². The summed E-state index contributed by atoms with van der Waals surface area (Å²) in [5.41, 5.74) is 3.32. The number of primary sulfonamides is 1. The molecule has 0 aliphatic heterocycles. The Kier molecular flexibility index (Phi) is 5.55. The molecular formula is C23H18N6O2S2. The second kappa shape index (κ2) is 8.66. The minimum atomic E-state index is -3.73. The molecule has 0 fully saturated rings. The van der Waals surface area contributed by atoms with Gasteiger partial charge in [-0.1, -0.05) is 24.3 Å². The molecule has 0 saturated heterocycles. The number of sulfonamides is 1. The fourth-order valence-electron chi connectivity index (χ4n) is 3.37. The van der Waals surface area contributed by atoms with Gasteiger partial charge in [0.15, 0.2) is 5.82 Å². The predicted octanol–water partition coefficient (Wildman–Crippen LogP) is 4.07. The van der Waals surface area contributed by atoms with E-state index in [4.69, 9.17) is 15.1 Å². The molecule has 0 saturated carbocycles. The molecule has 33 heavy (non-hydrogen) atoms. The van der Waals surface area contributed by atoms with E-state index in [1.807, 2.05) is 41.8 Å². The van der Waals surface area contributed by atoms with E-state index < -0.39 is 10.0 Å². The number of rotatable bonds is 6. The Morgan fingerprint density at radius 2 is 1.58 bits per heavy atom. The van der Waals surface area contributed by atoms with Crippen molar-refractivity contribution in [2.24, 2.45) is 5.14 Å². The Morgan fingerprint density at radius 1 is 0.879 bits per heavy atom. The zero-order valence-electron chi connectivity index (χ0n) is 17.2. The van der Waals surface area contributed by atoms with E-state index in [0.29, 0.717) is 23.9 Å². The minimum absolute atomic E-state index is 0.0726. The van der Waals surface area contributed by atoms with Gasteiger partial charge in [0.25, 0.3) is 0 Å². The lowest BCUT2D eigenvalue weighted by atomic mass is 10.1. The average molecular weight is 475 g/mol. The molecule has 0 spiro atoms. The van der Waals surface area contributed by atoms with Crippen LogP contribution in [0.3, 0.4) is 0 Å². The summed E-state index contributed by atoms with van der Waals surface area (Å²) < 4.78 is 23.0. The molecule has 0 atom stereocenters. The van der Waals surface area contributed by atoms with Gasteiger partial charge in [0.05, 0.1) is 16.0 Å². The molecule has 4 aromatic heterocycles. The largest absolute Gasteiger partial charge is 0.365 e. The number of hydrogen-bond acceptors (Lipinski definition) is 8. The molecule has 0 radical (unpaired) electrons. The van der Waals surface area contributed by atoms with Gasteiger partial charge in [-0.2, -0.15) is 0 Å². The highest BCUT2D eigenvalue weighted by molar-refractivity contribution is 7.89. The van der Waals surface area contributed by atoms with Crippen LogP contribution in [-0.4, -0.2) is 28.4 Å². The first-order valence-corrected chi connectivity index (χ1v) is 12.4. The van der Waals surface area contributed by atoms with Crippen LogP contribution >= 0.6 is 11.3 Å². The van der Waals surface area contributed by atoms with Crippen LogP contribution in [0.25, 0.3) is 33.0 Å². The Bertz CT molecular complexity index is 1520. The first-order chi connectivity index (χ1) is 16.0. The van der Waals surface area contributed by atoms with Gasteiger partial charge in [0.2, 0.25) is 10.0 Å². The van der Waals surface area contributed by atoms with Gasteiger partial charge in [0, 0.05) is 29.9 Å². The molecule has 3 N–H and O–H groups in total. The lowest BCUT2D eigenvalue weighted by Gasteiger charge is -2.11. The first kappa shape index (κ1) is 21.1. The molecule has 0 bridgehead atoms. The maximum atomic E-state index is 11.5. The lowest BCUT2D eigenvalue weighted by Crippen LogP contribution is -2.12. The number of benzene rings is 1. The summed E-state index contributed by atoms with van der Waals surface area (Å²) in [4.78, 5) is 19.3. The molecule has 10 heteroatoms. The second-order valence-corrected chi connectivity index (χ2v) is 9.62. The van der Waals surface area contributed by atoms with Crippen molar-refractivity contribution in [2.45, 2.75) is 11.4 Å². The molecule has 0 aliphatic rings. The van der Waals surface area contributed by atoms with E-state index in [1.165, 1.54) is 23.5 Å². The number of nitrogens with one attached hydrogen (secondary N) is 1. The number of pyridine rings is 2. The summed E-state index contributed by atoms with van der Waals surface area (Å²) in [6.07, 6.45) is 3.46. The van der Waals surface area contributed by atoms with Crippen LogP contribution in [0.4, 0.5) is 5.82 Å².